The molecule has 1 saturated carbocycles. The van der Waals surface area contributed by atoms with Gasteiger partial charge in [-0.3, -0.25) is 4.79 Å². The third-order valence-corrected chi connectivity index (χ3v) is 3.13. The average molecular weight is 191 g/mol. The summed E-state index contributed by atoms with van der Waals surface area (Å²) in [5.74, 6) is 0.506. The zero-order valence-electron chi connectivity index (χ0n) is 8.81. The van der Waals surface area contributed by atoms with Gasteiger partial charge in [0, 0.05) is 5.41 Å². The molecule has 0 radical (unpaired) electrons. The molecule has 0 aliphatic heterocycles. The standard InChI is InChI=1S/C11H21NO.Li.H/c1-9(2)8-11(10(12)13)6-4-3-5-7-11;;/h9H,3-8H2,1-2H3,(H2,12,13);;. The van der Waals surface area contributed by atoms with Crippen molar-refractivity contribution in [2.45, 2.75) is 52.4 Å². The van der Waals surface area contributed by atoms with E-state index in [1.807, 2.05) is 0 Å². The summed E-state index contributed by atoms with van der Waals surface area (Å²) in [6.07, 6.45) is 6.63. The SMILES string of the molecule is CC(C)CC1(C(N)=O)CCCCC1.[LiH]. The van der Waals surface area contributed by atoms with Gasteiger partial charge in [0.1, 0.15) is 0 Å². The van der Waals surface area contributed by atoms with E-state index < -0.39 is 0 Å². The van der Waals surface area contributed by atoms with Crippen molar-refractivity contribution in [1.82, 2.24) is 0 Å². The van der Waals surface area contributed by atoms with Crippen LogP contribution in [0.5, 0.6) is 0 Å². The first kappa shape index (κ1) is 14.1. The van der Waals surface area contributed by atoms with Crippen LogP contribution in [0.15, 0.2) is 0 Å². The van der Waals surface area contributed by atoms with Gasteiger partial charge in [0.05, 0.1) is 0 Å². The summed E-state index contributed by atoms with van der Waals surface area (Å²) in [4.78, 5) is 11.4. The van der Waals surface area contributed by atoms with E-state index in [-0.39, 0.29) is 30.2 Å². The fraction of sp³-hybridized carbons (Fsp3) is 0.909. The second kappa shape index (κ2) is 5.83. The van der Waals surface area contributed by atoms with Crippen molar-refractivity contribution in [3.63, 3.8) is 0 Å². The second-order valence-corrected chi connectivity index (χ2v) is 4.80. The van der Waals surface area contributed by atoms with Gasteiger partial charge in [0.25, 0.3) is 0 Å². The van der Waals surface area contributed by atoms with Gasteiger partial charge in [0.15, 0.2) is 0 Å². The van der Waals surface area contributed by atoms with Crippen LogP contribution in [0.3, 0.4) is 0 Å². The number of nitrogens with two attached hydrogens (primary N) is 1. The monoisotopic (exact) mass is 191 g/mol. The minimum atomic E-state index is -0.160. The number of hydrogen-bond acceptors (Lipinski definition) is 1. The molecule has 3 heteroatoms. The molecule has 14 heavy (non-hydrogen) atoms. The third-order valence-electron chi connectivity index (χ3n) is 3.13. The number of amides is 1. The van der Waals surface area contributed by atoms with Gasteiger partial charge in [-0.2, -0.15) is 0 Å². The van der Waals surface area contributed by atoms with Crippen molar-refractivity contribution < 1.29 is 4.79 Å². The maximum atomic E-state index is 11.4. The Bertz CT molecular complexity index is 186. The van der Waals surface area contributed by atoms with Crippen LogP contribution in [-0.4, -0.2) is 24.8 Å². The molecule has 1 amide bonds. The molecule has 1 aliphatic rings. The first-order valence-corrected chi connectivity index (χ1v) is 5.37. The molecule has 0 aromatic rings. The van der Waals surface area contributed by atoms with Gasteiger partial charge in [-0.1, -0.05) is 33.1 Å². The Hall–Kier alpha value is 0.0674. The molecule has 1 fully saturated rings. The van der Waals surface area contributed by atoms with Crippen LogP contribution >= 0.6 is 0 Å². The van der Waals surface area contributed by atoms with Gasteiger partial charge in [-0.25, -0.2) is 0 Å². The van der Waals surface area contributed by atoms with E-state index in [9.17, 15) is 4.79 Å². The van der Waals surface area contributed by atoms with Crippen LogP contribution in [-0.2, 0) is 4.79 Å². The molecule has 2 nitrogen and oxygen atoms in total. The van der Waals surface area contributed by atoms with Crippen LogP contribution in [0.4, 0.5) is 0 Å². The molecule has 0 bridgehead atoms. The van der Waals surface area contributed by atoms with Gasteiger partial charge < -0.3 is 5.73 Å². The number of carbonyl (C=O) groups excluding carboxylic acids is 1. The average Bonchev–Trinajstić information content (AvgIpc) is 2.04. The Morgan fingerprint density at radius 1 is 1.29 bits per heavy atom. The van der Waals surface area contributed by atoms with E-state index in [1.54, 1.807) is 0 Å². The predicted octanol–water partition coefficient (Wildman–Crippen LogP) is 1.82. The molecule has 78 valence electrons. The molecule has 1 rings (SSSR count). The number of hydrogen-bond donors (Lipinski definition) is 1. The van der Waals surface area contributed by atoms with Crippen molar-refractivity contribution in [2.24, 2.45) is 17.1 Å². The fourth-order valence-corrected chi connectivity index (χ4v) is 2.56. The van der Waals surface area contributed by atoms with E-state index in [0.29, 0.717) is 5.92 Å². The molecule has 0 atom stereocenters. The van der Waals surface area contributed by atoms with E-state index in [0.717, 1.165) is 19.3 Å². The summed E-state index contributed by atoms with van der Waals surface area (Å²) in [5, 5.41) is 0. The molecule has 0 spiro atoms. The second-order valence-electron chi connectivity index (χ2n) is 4.80. The van der Waals surface area contributed by atoms with Gasteiger partial charge in [-0.15, -0.1) is 0 Å². The van der Waals surface area contributed by atoms with E-state index in [1.165, 1.54) is 19.3 Å². The number of rotatable bonds is 3. The van der Waals surface area contributed by atoms with Crippen molar-refractivity contribution >= 4 is 24.8 Å². The molecule has 0 aromatic heterocycles. The third kappa shape index (κ3) is 3.33. The molecular weight excluding hydrogens is 169 g/mol. The quantitative estimate of drug-likeness (QED) is 0.679. The summed E-state index contributed by atoms with van der Waals surface area (Å²) in [5.41, 5.74) is 5.35. The summed E-state index contributed by atoms with van der Waals surface area (Å²) in [7, 11) is 0. The molecule has 0 unspecified atom stereocenters. The Kier molecular flexibility index (Phi) is 5.86. The number of primary amides is 1. The van der Waals surface area contributed by atoms with Gasteiger partial charge in [-0.05, 0) is 25.2 Å². The summed E-state index contributed by atoms with van der Waals surface area (Å²) in [6.45, 7) is 4.33. The Balaban J connectivity index is 0.00000169. The Labute approximate surface area is 99.2 Å². The topological polar surface area (TPSA) is 43.1 Å². The van der Waals surface area contributed by atoms with Crippen molar-refractivity contribution in [3.8, 4) is 0 Å². The van der Waals surface area contributed by atoms with Crippen molar-refractivity contribution in [1.29, 1.82) is 0 Å². The molecule has 1 aliphatic carbocycles. The van der Waals surface area contributed by atoms with Crippen LogP contribution in [0, 0.1) is 11.3 Å². The molecule has 0 heterocycles. The summed E-state index contributed by atoms with van der Waals surface area (Å²) < 4.78 is 0. The van der Waals surface area contributed by atoms with Crippen LogP contribution in [0.1, 0.15) is 52.4 Å². The Morgan fingerprint density at radius 3 is 2.14 bits per heavy atom. The number of carbonyl (C=O) groups is 1. The molecular formula is C11H22LiNO. The van der Waals surface area contributed by atoms with E-state index >= 15 is 0 Å². The Morgan fingerprint density at radius 2 is 1.79 bits per heavy atom. The van der Waals surface area contributed by atoms with Crippen LogP contribution in [0.25, 0.3) is 0 Å². The zero-order valence-corrected chi connectivity index (χ0v) is 8.81. The van der Waals surface area contributed by atoms with Crippen molar-refractivity contribution in [2.75, 3.05) is 0 Å². The molecule has 2 N–H and O–H groups in total. The normalized spacial score (nSPS) is 20.2. The summed E-state index contributed by atoms with van der Waals surface area (Å²) in [6, 6.07) is 0. The van der Waals surface area contributed by atoms with Crippen LogP contribution in [0.2, 0.25) is 0 Å². The summed E-state index contributed by atoms with van der Waals surface area (Å²) >= 11 is 0. The maximum absolute atomic E-state index is 11.4. The van der Waals surface area contributed by atoms with Gasteiger partial charge >= 0.3 is 18.9 Å². The zero-order chi connectivity index (χ0) is 9.90. The minimum absolute atomic E-state index is 0. The fourth-order valence-electron chi connectivity index (χ4n) is 2.56. The predicted molar refractivity (Wildman–Crippen MR) is 61.3 cm³/mol. The molecule has 0 aromatic carbocycles. The molecule has 0 saturated heterocycles. The first-order chi connectivity index (χ1) is 6.07. The first-order valence-electron chi connectivity index (χ1n) is 5.37. The van der Waals surface area contributed by atoms with E-state index in [4.69, 9.17) is 5.73 Å². The van der Waals surface area contributed by atoms with Crippen LogP contribution < -0.4 is 5.73 Å². The van der Waals surface area contributed by atoms with E-state index in [2.05, 4.69) is 13.8 Å². The van der Waals surface area contributed by atoms with Gasteiger partial charge in [0.2, 0.25) is 5.91 Å². The van der Waals surface area contributed by atoms with Crippen molar-refractivity contribution in [3.05, 3.63) is 0 Å².